The van der Waals surface area contributed by atoms with Gasteiger partial charge in [0.1, 0.15) is 0 Å². The minimum atomic E-state index is -0.440. The van der Waals surface area contributed by atoms with Crippen LogP contribution in [0.15, 0.2) is 30.4 Å². The Kier molecular flexibility index (Phi) is 7.25. The van der Waals surface area contributed by atoms with E-state index in [0.29, 0.717) is 26.4 Å². The SMILES string of the molecule is C=C(C)COCCNc1ccc([N+](=O)[O-])c(OCCC)c1. The van der Waals surface area contributed by atoms with Gasteiger partial charge in [0.2, 0.25) is 0 Å². The largest absolute Gasteiger partial charge is 0.487 e. The first-order valence-corrected chi connectivity index (χ1v) is 6.91. The normalized spacial score (nSPS) is 10.2. The van der Waals surface area contributed by atoms with Crippen LogP contribution in [0.4, 0.5) is 11.4 Å². The highest BCUT2D eigenvalue weighted by molar-refractivity contribution is 5.58. The van der Waals surface area contributed by atoms with Crippen molar-refractivity contribution in [1.29, 1.82) is 0 Å². The summed E-state index contributed by atoms with van der Waals surface area (Å²) in [4.78, 5) is 10.5. The number of rotatable bonds is 10. The third kappa shape index (κ3) is 6.27. The van der Waals surface area contributed by atoms with Crippen LogP contribution >= 0.6 is 0 Å². The first kappa shape index (κ1) is 17.0. The van der Waals surface area contributed by atoms with Crippen molar-refractivity contribution in [3.05, 3.63) is 40.5 Å². The lowest BCUT2D eigenvalue weighted by atomic mass is 10.2. The molecule has 0 heterocycles. The number of anilines is 1. The minimum absolute atomic E-state index is 0.0208. The second-order valence-corrected chi connectivity index (χ2v) is 4.72. The Balaban J connectivity index is 2.58. The third-order valence-electron chi connectivity index (χ3n) is 2.54. The Bertz CT molecular complexity index is 489. The van der Waals surface area contributed by atoms with Gasteiger partial charge in [-0.25, -0.2) is 0 Å². The molecule has 0 aliphatic rings. The quantitative estimate of drug-likeness (QED) is 0.310. The Morgan fingerprint density at radius 3 is 2.81 bits per heavy atom. The number of nitrogens with zero attached hydrogens (tertiary/aromatic N) is 1. The summed E-state index contributed by atoms with van der Waals surface area (Å²) in [5.74, 6) is 0.287. The molecule has 0 spiro atoms. The first-order chi connectivity index (χ1) is 10.0. The van der Waals surface area contributed by atoms with Crippen LogP contribution in [0, 0.1) is 10.1 Å². The number of nitrogens with one attached hydrogen (secondary N) is 1. The highest BCUT2D eigenvalue weighted by atomic mass is 16.6. The molecule has 21 heavy (non-hydrogen) atoms. The van der Waals surface area contributed by atoms with Gasteiger partial charge in [0.15, 0.2) is 5.75 Å². The van der Waals surface area contributed by atoms with Crippen molar-refractivity contribution >= 4 is 11.4 Å². The van der Waals surface area contributed by atoms with E-state index in [1.165, 1.54) is 6.07 Å². The molecule has 0 radical (unpaired) electrons. The molecule has 0 bridgehead atoms. The fourth-order valence-electron chi connectivity index (χ4n) is 1.62. The summed E-state index contributed by atoms with van der Waals surface area (Å²) in [6.45, 7) is 9.74. The molecule has 0 aromatic heterocycles. The number of hydrogen-bond acceptors (Lipinski definition) is 5. The fourth-order valence-corrected chi connectivity index (χ4v) is 1.62. The molecule has 6 heteroatoms. The van der Waals surface area contributed by atoms with E-state index in [1.54, 1.807) is 12.1 Å². The van der Waals surface area contributed by atoms with Crippen LogP contribution in [0.3, 0.4) is 0 Å². The molecule has 0 atom stereocenters. The van der Waals surface area contributed by atoms with Crippen LogP contribution in [0.25, 0.3) is 0 Å². The maximum atomic E-state index is 10.9. The highest BCUT2D eigenvalue weighted by Gasteiger charge is 2.15. The molecule has 1 aromatic rings. The Morgan fingerprint density at radius 1 is 1.43 bits per heavy atom. The van der Waals surface area contributed by atoms with Gasteiger partial charge in [-0.1, -0.05) is 19.1 Å². The van der Waals surface area contributed by atoms with Crippen LogP contribution in [-0.4, -0.2) is 31.3 Å². The van der Waals surface area contributed by atoms with Crippen molar-refractivity contribution in [3.63, 3.8) is 0 Å². The van der Waals surface area contributed by atoms with Gasteiger partial charge >= 0.3 is 5.69 Å². The van der Waals surface area contributed by atoms with Gasteiger partial charge in [-0.2, -0.15) is 0 Å². The second kappa shape index (κ2) is 8.97. The van der Waals surface area contributed by atoms with Crippen molar-refractivity contribution in [2.45, 2.75) is 20.3 Å². The third-order valence-corrected chi connectivity index (χ3v) is 2.54. The summed E-state index contributed by atoms with van der Waals surface area (Å²) in [5.41, 5.74) is 1.72. The lowest BCUT2D eigenvalue weighted by Crippen LogP contribution is -2.10. The molecule has 116 valence electrons. The molecule has 0 amide bonds. The van der Waals surface area contributed by atoms with E-state index in [1.807, 2.05) is 13.8 Å². The smallest absolute Gasteiger partial charge is 0.311 e. The van der Waals surface area contributed by atoms with Gasteiger partial charge in [0.25, 0.3) is 0 Å². The molecule has 0 aliphatic heterocycles. The average Bonchev–Trinajstić information content (AvgIpc) is 2.44. The monoisotopic (exact) mass is 294 g/mol. The summed E-state index contributed by atoms with van der Waals surface area (Å²) >= 11 is 0. The molecular formula is C15H22N2O4. The molecule has 6 nitrogen and oxygen atoms in total. The highest BCUT2D eigenvalue weighted by Crippen LogP contribution is 2.30. The van der Waals surface area contributed by atoms with Gasteiger partial charge < -0.3 is 14.8 Å². The number of ether oxygens (including phenoxy) is 2. The van der Waals surface area contributed by atoms with E-state index >= 15 is 0 Å². The molecular weight excluding hydrogens is 272 g/mol. The van der Waals surface area contributed by atoms with Gasteiger partial charge in [0.05, 0.1) is 24.7 Å². The summed E-state index contributed by atoms with van der Waals surface area (Å²) < 4.78 is 10.8. The Morgan fingerprint density at radius 2 is 2.19 bits per heavy atom. The van der Waals surface area contributed by atoms with E-state index in [0.717, 1.165) is 17.7 Å². The molecule has 0 aliphatic carbocycles. The molecule has 1 aromatic carbocycles. The lowest BCUT2D eigenvalue weighted by molar-refractivity contribution is -0.385. The molecule has 1 N–H and O–H groups in total. The van der Waals surface area contributed by atoms with Crippen molar-refractivity contribution < 1.29 is 14.4 Å². The fraction of sp³-hybridized carbons (Fsp3) is 0.467. The maximum Gasteiger partial charge on any atom is 0.311 e. The van der Waals surface area contributed by atoms with Crippen molar-refractivity contribution in [2.24, 2.45) is 0 Å². The standard InChI is InChI=1S/C15H22N2O4/c1-4-8-21-15-10-13(5-6-14(15)17(18)19)16-7-9-20-11-12(2)3/h5-6,10,16H,2,4,7-9,11H2,1,3H3. The van der Waals surface area contributed by atoms with Crippen LogP contribution in [-0.2, 0) is 4.74 Å². The van der Waals surface area contributed by atoms with Crippen molar-refractivity contribution in [1.82, 2.24) is 0 Å². The van der Waals surface area contributed by atoms with E-state index in [-0.39, 0.29) is 11.4 Å². The van der Waals surface area contributed by atoms with Crippen LogP contribution in [0.5, 0.6) is 5.75 Å². The predicted molar refractivity (Wildman–Crippen MR) is 83.0 cm³/mol. The zero-order valence-corrected chi connectivity index (χ0v) is 12.6. The van der Waals surface area contributed by atoms with Crippen LogP contribution < -0.4 is 10.1 Å². The molecule has 0 unspecified atom stereocenters. The topological polar surface area (TPSA) is 73.6 Å². The van der Waals surface area contributed by atoms with Gasteiger partial charge in [-0.05, 0) is 19.4 Å². The predicted octanol–water partition coefficient (Wildman–Crippen LogP) is 3.39. The molecule has 0 fully saturated rings. The van der Waals surface area contributed by atoms with E-state index in [4.69, 9.17) is 9.47 Å². The summed E-state index contributed by atoms with van der Waals surface area (Å²) in [7, 11) is 0. The van der Waals surface area contributed by atoms with E-state index in [9.17, 15) is 10.1 Å². The van der Waals surface area contributed by atoms with Crippen molar-refractivity contribution in [2.75, 3.05) is 31.7 Å². The number of nitro benzene ring substituents is 1. The Labute approximate surface area is 124 Å². The second-order valence-electron chi connectivity index (χ2n) is 4.72. The van der Waals surface area contributed by atoms with Crippen LogP contribution in [0.2, 0.25) is 0 Å². The number of hydrogen-bond donors (Lipinski definition) is 1. The van der Waals surface area contributed by atoms with E-state index < -0.39 is 4.92 Å². The van der Waals surface area contributed by atoms with Gasteiger partial charge in [-0.3, -0.25) is 10.1 Å². The van der Waals surface area contributed by atoms with Gasteiger partial charge in [-0.15, -0.1) is 0 Å². The number of nitro groups is 1. The summed E-state index contributed by atoms with van der Waals surface area (Å²) in [6, 6.07) is 4.75. The molecule has 0 saturated carbocycles. The van der Waals surface area contributed by atoms with E-state index in [2.05, 4.69) is 11.9 Å². The minimum Gasteiger partial charge on any atom is -0.487 e. The van der Waals surface area contributed by atoms with Crippen molar-refractivity contribution in [3.8, 4) is 5.75 Å². The van der Waals surface area contributed by atoms with Crippen LogP contribution in [0.1, 0.15) is 20.3 Å². The summed E-state index contributed by atoms with van der Waals surface area (Å²) in [6.07, 6.45) is 0.795. The maximum absolute atomic E-state index is 10.9. The Hall–Kier alpha value is -2.08. The van der Waals surface area contributed by atoms with Gasteiger partial charge in [0, 0.05) is 24.4 Å². The zero-order chi connectivity index (χ0) is 15.7. The molecule has 1 rings (SSSR count). The molecule has 0 saturated heterocycles. The lowest BCUT2D eigenvalue weighted by Gasteiger charge is -2.10. The number of benzene rings is 1. The zero-order valence-electron chi connectivity index (χ0n) is 12.6. The summed E-state index contributed by atoms with van der Waals surface area (Å²) in [5, 5.41) is 14.1. The average molecular weight is 294 g/mol. The first-order valence-electron chi connectivity index (χ1n) is 6.91.